The number of furan rings is 1. The normalized spacial score (nSPS) is 14.4. The first-order chi connectivity index (χ1) is 12.6. The summed E-state index contributed by atoms with van der Waals surface area (Å²) in [5.74, 6) is 1.87. The minimum Gasteiger partial charge on any atom is -0.489 e. The second kappa shape index (κ2) is 6.52. The Kier molecular flexibility index (Phi) is 4.05. The smallest absolute Gasteiger partial charge is 0.232 e. The Morgan fingerprint density at radius 2 is 1.96 bits per heavy atom. The fraction of sp³-hybridized carbons (Fsp3) is 0.0952. The highest BCUT2D eigenvalue weighted by molar-refractivity contribution is 6.14. The molecule has 0 saturated carbocycles. The van der Waals surface area contributed by atoms with E-state index < -0.39 is 0 Å². The summed E-state index contributed by atoms with van der Waals surface area (Å²) in [5.41, 5.74) is 0.913. The van der Waals surface area contributed by atoms with Gasteiger partial charge in [0.05, 0.1) is 5.56 Å². The zero-order valence-corrected chi connectivity index (χ0v) is 14.0. The minimum absolute atomic E-state index is 0.0910. The number of halogens is 1. The number of hydrogen-bond donors (Lipinski definition) is 0. The summed E-state index contributed by atoms with van der Waals surface area (Å²) in [6, 6.07) is 14.9. The van der Waals surface area contributed by atoms with Gasteiger partial charge in [-0.15, -0.1) is 0 Å². The van der Waals surface area contributed by atoms with Gasteiger partial charge in [0.2, 0.25) is 5.78 Å². The first kappa shape index (κ1) is 16.1. The summed E-state index contributed by atoms with van der Waals surface area (Å²) in [4.78, 5) is 12.4. The maximum absolute atomic E-state index is 13.7. The molecule has 5 heteroatoms. The summed E-state index contributed by atoms with van der Waals surface area (Å²) in [7, 11) is 0. The lowest BCUT2D eigenvalue weighted by molar-refractivity contribution is 0.101. The van der Waals surface area contributed by atoms with Crippen molar-refractivity contribution in [3.8, 4) is 11.5 Å². The Bertz CT molecular complexity index is 1020. The van der Waals surface area contributed by atoms with Crippen LogP contribution in [0.25, 0.3) is 6.08 Å². The Labute approximate surface area is 149 Å². The molecule has 4 nitrogen and oxygen atoms in total. The summed E-state index contributed by atoms with van der Waals surface area (Å²) in [6.45, 7) is 1.92. The first-order valence-electron chi connectivity index (χ1n) is 8.11. The van der Waals surface area contributed by atoms with Crippen LogP contribution in [-0.2, 0) is 6.61 Å². The molecule has 3 aromatic rings. The number of Topliss-reactive ketones (excluding diaryl/α,β-unsaturated/α-hetero) is 1. The molecule has 4 rings (SSSR count). The summed E-state index contributed by atoms with van der Waals surface area (Å²) in [5, 5.41) is 0. The maximum Gasteiger partial charge on any atom is 0.232 e. The summed E-state index contributed by atoms with van der Waals surface area (Å²) in [6.07, 6.45) is 1.56. The second-order valence-electron chi connectivity index (χ2n) is 5.93. The van der Waals surface area contributed by atoms with Gasteiger partial charge in [0.15, 0.2) is 5.76 Å². The average Bonchev–Trinajstić information content (AvgIpc) is 3.18. The fourth-order valence-corrected chi connectivity index (χ4v) is 2.69. The minimum atomic E-state index is -0.320. The van der Waals surface area contributed by atoms with Crippen LogP contribution in [0.4, 0.5) is 4.39 Å². The summed E-state index contributed by atoms with van der Waals surface area (Å²) < 4.78 is 30.4. The molecule has 0 fully saturated rings. The highest BCUT2D eigenvalue weighted by atomic mass is 19.1. The number of fused-ring (bicyclic) bond motifs is 1. The van der Waals surface area contributed by atoms with Crippen LogP contribution in [0.2, 0.25) is 0 Å². The molecule has 0 unspecified atom stereocenters. The molecule has 26 heavy (non-hydrogen) atoms. The van der Waals surface area contributed by atoms with Gasteiger partial charge in [-0.25, -0.2) is 4.39 Å². The Morgan fingerprint density at radius 1 is 1.12 bits per heavy atom. The van der Waals surface area contributed by atoms with Crippen molar-refractivity contribution in [1.29, 1.82) is 0 Å². The number of aryl methyl sites for hydroxylation is 1. The number of ether oxygens (including phenoxy) is 2. The zero-order valence-electron chi connectivity index (χ0n) is 14.0. The van der Waals surface area contributed by atoms with Gasteiger partial charge in [0.1, 0.15) is 35.4 Å². The number of benzene rings is 2. The van der Waals surface area contributed by atoms with Gasteiger partial charge >= 0.3 is 0 Å². The van der Waals surface area contributed by atoms with E-state index in [0.29, 0.717) is 28.4 Å². The molecule has 0 amide bonds. The Hall–Kier alpha value is -3.34. The van der Waals surface area contributed by atoms with Gasteiger partial charge in [-0.3, -0.25) is 4.79 Å². The third kappa shape index (κ3) is 3.11. The van der Waals surface area contributed by atoms with Crippen molar-refractivity contribution in [2.24, 2.45) is 0 Å². The number of carbonyl (C=O) groups excluding carboxylic acids is 1. The zero-order chi connectivity index (χ0) is 18.1. The van der Waals surface area contributed by atoms with E-state index in [1.807, 2.05) is 13.0 Å². The molecule has 0 radical (unpaired) electrons. The van der Waals surface area contributed by atoms with Crippen molar-refractivity contribution in [1.82, 2.24) is 0 Å². The molecule has 0 spiro atoms. The first-order valence-corrected chi connectivity index (χ1v) is 8.11. The molecule has 130 valence electrons. The molecule has 1 aromatic heterocycles. The highest BCUT2D eigenvalue weighted by Gasteiger charge is 2.28. The van der Waals surface area contributed by atoms with Crippen molar-refractivity contribution < 1.29 is 23.1 Å². The van der Waals surface area contributed by atoms with Crippen LogP contribution in [0.3, 0.4) is 0 Å². The fourth-order valence-electron chi connectivity index (χ4n) is 2.69. The Balaban J connectivity index is 1.52. The molecule has 0 bridgehead atoms. The molecule has 1 aliphatic heterocycles. The quantitative estimate of drug-likeness (QED) is 0.627. The van der Waals surface area contributed by atoms with Crippen LogP contribution in [0.5, 0.6) is 11.5 Å². The standard InChI is InChI=1S/C21H15FO4/c1-13-6-7-16(25-13)11-20-21(23)17-9-8-15(10-19(17)26-20)24-12-14-4-2-3-5-18(14)22/h2-11H,12H2,1H3/b20-11-. The molecule has 0 N–H and O–H groups in total. The van der Waals surface area contributed by atoms with E-state index in [9.17, 15) is 9.18 Å². The summed E-state index contributed by atoms with van der Waals surface area (Å²) >= 11 is 0. The van der Waals surface area contributed by atoms with Crippen molar-refractivity contribution in [2.45, 2.75) is 13.5 Å². The molecule has 0 atom stereocenters. The lowest BCUT2D eigenvalue weighted by Gasteiger charge is -2.08. The predicted molar refractivity (Wildman–Crippen MR) is 93.6 cm³/mol. The van der Waals surface area contributed by atoms with Crippen LogP contribution >= 0.6 is 0 Å². The number of rotatable bonds is 4. The number of allylic oxidation sites excluding steroid dienone is 1. The average molecular weight is 350 g/mol. The largest absolute Gasteiger partial charge is 0.489 e. The molecule has 0 aliphatic carbocycles. The third-order valence-electron chi connectivity index (χ3n) is 4.03. The van der Waals surface area contributed by atoms with Crippen LogP contribution in [0.15, 0.2) is 64.8 Å². The molecular formula is C21H15FO4. The van der Waals surface area contributed by atoms with Crippen molar-refractivity contribution in [3.63, 3.8) is 0 Å². The van der Waals surface area contributed by atoms with Gasteiger partial charge in [-0.1, -0.05) is 18.2 Å². The molecule has 2 aromatic carbocycles. The highest BCUT2D eigenvalue weighted by Crippen LogP contribution is 2.35. The van der Waals surface area contributed by atoms with Crippen LogP contribution in [0.1, 0.15) is 27.4 Å². The van der Waals surface area contributed by atoms with Crippen LogP contribution < -0.4 is 9.47 Å². The van der Waals surface area contributed by atoms with E-state index in [2.05, 4.69) is 0 Å². The van der Waals surface area contributed by atoms with Gasteiger partial charge in [0.25, 0.3) is 0 Å². The van der Waals surface area contributed by atoms with E-state index in [1.54, 1.807) is 48.5 Å². The lowest BCUT2D eigenvalue weighted by atomic mass is 10.1. The van der Waals surface area contributed by atoms with Crippen molar-refractivity contribution in [2.75, 3.05) is 0 Å². The monoisotopic (exact) mass is 350 g/mol. The van der Waals surface area contributed by atoms with E-state index in [0.717, 1.165) is 5.76 Å². The van der Waals surface area contributed by atoms with Gasteiger partial charge in [-0.05, 0) is 37.3 Å². The topological polar surface area (TPSA) is 48.7 Å². The molecule has 0 saturated heterocycles. The molecular weight excluding hydrogens is 335 g/mol. The van der Waals surface area contributed by atoms with Crippen LogP contribution in [-0.4, -0.2) is 5.78 Å². The van der Waals surface area contributed by atoms with E-state index in [-0.39, 0.29) is 24.0 Å². The van der Waals surface area contributed by atoms with Gasteiger partial charge in [0, 0.05) is 17.7 Å². The predicted octanol–water partition coefficient (Wildman–Crippen LogP) is 4.92. The van der Waals surface area contributed by atoms with E-state index >= 15 is 0 Å². The second-order valence-corrected chi connectivity index (χ2v) is 5.93. The van der Waals surface area contributed by atoms with Crippen molar-refractivity contribution >= 4 is 11.9 Å². The molecule has 2 heterocycles. The number of carbonyl (C=O) groups is 1. The van der Waals surface area contributed by atoms with E-state index in [1.165, 1.54) is 6.07 Å². The van der Waals surface area contributed by atoms with Gasteiger partial charge < -0.3 is 13.9 Å². The lowest BCUT2D eigenvalue weighted by Crippen LogP contribution is -1.98. The Morgan fingerprint density at radius 3 is 2.73 bits per heavy atom. The van der Waals surface area contributed by atoms with E-state index in [4.69, 9.17) is 13.9 Å². The number of ketones is 1. The van der Waals surface area contributed by atoms with Gasteiger partial charge in [-0.2, -0.15) is 0 Å². The van der Waals surface area contributed by atoms with Crippen molar-refractivity contribution in [3.05, 3.63) is 88.8 Å². The van der Waals surface area contributed by atoms with Crippen LogP contribution in [0, 0.1) is 12.7 Å². The SMILES string of the molecule is Cc1ccc(/C=C2\Oc3cc(OCc4ccccc4F)ccc3C2=O)o1. The maximum atomic E-state index is 13.7. The number of hydrogen-bond acceptors (Lipinski definition) is 4. The molecule has 1 aliphatic rings. The third-order valence-corrected chi connectivity index (χ3v) is 4.03.